The Labute approximate surface area is 369 Å². The Morgan fingerprint density at radius 2 is 0.312 bits per heavy atom. The lowest BCUT2D eigenvalue weighted by atomic mass is 10.2. The van der Waals surface area contributed by atoms with Gasteiger partial charge in [-0.15, -0.1) is 0 Å². The normalized spacial score (nSPS) is 14.1. The van der Waals surface area contributed by atoms with E-state index < -0.39 is 151 Å². The minimum atomic E-state index is -1.22. The maximum absolute atomic E-state index is 9.60. The predicted molar refractivity (Wildman–Crippen MR) is 221 cm³/mol. The number of rotatable bonds is 19. The lowest BCUT2D eigenvalue weighted by molar-refractivity contribution is -0.133. The third kappa shape index (κ3) is 69.7. The fourth-order valence-corrected chi connectivity index (χ4v) is 1.22. The second-order valence-electron chi connectivity index (χ2n) is 11.8. The van der Waals surface area contributed by atoms with Crippen molar-refractivity contribution in [3.63, 3.8) is 0 Å². The van der Waals surface area contributed by atoms with Crippen molar-refractivity contribution in [1.82, 2.24) is 0 Å². The number of aliphatic hydroxyl groups is 20. The van der Waals surface area contributed by atoms with Gasteiger partial charge in [0.1, 0.15) is 61.0 Å². The van der Waals surface area contributed by atoms with Gasteiger partial charge in [-0.1, -0.05) is 26.3 Å². The standard InChI is InChI=1S/5C4H10O4.4C4H6O2/c5*5-1-3(7)4(8)2-6;4*1-3(2)4(5)6/h5*3-8H,1-2H2;4*1H2,2H3,(H,5,6)/t5*3-,4+;;;;. The van der Waals surface area contributed by atoms with E-state index >= 15 is 0 Å². The molecule has 0 saturated carbocycles. The first-order valence-electron chi connectivity index (χ1n) is 17.6. The summed E-state index contributed by atoms with van der Waals surface area (Å²) >= 11 is 0. The van der Waals surface area contributed by atoms with Gasteiger partial charge in [-0.25, -0.2) is 19.2 Å². The lowest BCUT2D eigenvalue weighted by Crippen LogP contribution is -2.31. The van der Waals surface area contributed by atoms with Crippen molar-refractivity contribution in [3.05, 3.63) is 48.6 Å². The van der Waals surface area contributed by atoms with Crippen molar-refractivity contribution in [2.75, 3.05) is 66.1 Å². The molecule has 0 aromatic carbocycles. The molecule has 0 spiro atoms. The van der Waals surface area contributed by atoms with Gasteiger partial charge in [0, 0.05) is 22.3 Å². The summed E-state index contributed by atoms with van der Waals surface area (Å²) in [6.07, 6.45) is -12.2. The van der Waals surface area contributed by atoms with Gasteiger partial charge in [0.25, 0.3) is 0 Å². The van der Waals surface area contributed by atoms with Gasteiger partial charge in [0.05, 0.1) is 66.1 Å². The van der Waals surface area contributed by atoms with Gasteiger partial charge in [0.2, 0.25) is 0 Å². The molecule has 0 bridgehead atoms. The summed E-state index contributed by atoms with van der Waals surface area (Å²) < 4.78 is 0. The molecule has 0 amide bonds. The van der Waals surface area contributed by atoms with Crippen LogP contribution in [0.2, 0.25) is 0 Å². The molecule has 0 aromatic heterocycles. The summed E-state index contributed by atoms with van der Waals surface area (Å²) in [7, 11) is 0. The fraction of sp³-hybridized carbons (Fsp3) is 0.667. The average molecular weight is 955 g/mol. The topological polar surface area (TPSA) is 554 Å². The minimum absolute atomic E-state index is 0.176. The Hall–Kier alpha value is -3.96. The molecular weight excluding hydrogens is 880 g/mol. The van der Waals surface area contributed by atoms with Crippen molar-refractivity contribution >= 4 is 23.9 Å². The van der Waals surface area contributed by atoms with E-state index in [0.717, 1.165) is 0 Å². The molecule has 0 heterocycles. The molecule has 0 fully saturated rings. The van der Waals surface area contributed by atoms with Crippen molar-refractivity contribution in [2.45, 2.75) is 88.7 Å². The Morgan fingerprint density at radius 3 is 0.328 bits per heavy atom. The molecule has 0 rings (SSSR count). The number of carboxylic acids is 4. The average Bonchev–Trinajstić information content (AvgIpc) is 3.27. The smallest absolute Gasteiger partial charge is 0.330 e. The minimum Gasteiger partial charge on any atom is -0.478 e. The van der Waals surface area contributed by atoms with Crippen molar-refractivity contribution in [2.24, 2.45) is 0 Å². The number of aliphatic carboxylic acids is 4. The summed E-state index contributed by atoms with van der Waals surface area (Å²) in [6.45, 7) is 13.1. The van der Waals surface area contributed by atoms with E-state index in [9.17, 15) is 19.2 Å². The lowest BCUT2D eigenvalue weighted by Gasteiger charge is -2.10. The van der Waals surface area contributed by atoms with Crippen molar-refractivity contribution in [3.8, 4) is 0 Å². The number of aliphatic hydroxyl groups excluding tert-OH is 20. The Kier molecular flexibility index (Phi) is 69.3. The van der Waals surface area contributed by atoms with E-state index in [4.69, 9.17) is 123 Å². The summed E-state index contributed by atoms with van der Waals surface area (Å²) in [5.41, 5.74) is 0.704. The van der Waals surface area contributed by atoms with Gasteiger partial charge >= 0.3 is 23.9 Å². The summed E-state index contributed by atoms with van der Waals surface area (Å²) in [5, 5.41) is 197. The van der Waals surface area contributed by atoms with Crippen LogP contribution in [0.4, 0.5) is 0 Å². The molecule has 10 atom stereocenters. The van der Waals surface area contributed by atoms with E-state index in [1.54, 1.807) is 0 Å². The first-order valence-corrected chi connectivity index (χ1v) is 17.6. The summed E-state index contributed by atoms with van der Waals surface area (Å²) in [6, 6.07) is 0. The molecule has 0 saturated heterocycles. The SMILES string of the molecule is C=C(C)C(=O)O.C=C(C)C(=O)O.C=C(C)C(=O)O.C=C(C)C(=O)O.OC[C@@H](O)[C@@H](O)CO.OC[C@@H](O)[C@@H](O)CO.OC[C@@H](O)[C@@H](O)CO.OC[C@@H](O)[C@@H](O)CO.OC[C@@H](O)[C@@H](O)CO. The third-order valence-corrected chi connectivity index (χ3v) is 5.55. The molecule has 28 heteroatoms. The van der Waals surface area contributed by atoms with Crippen LogP contribution in [0.1, 0.15) is 27.7 Å². The molecule has 28 nitrogen and oxygen atoms in total. The zero-order valence-corrected chi connectivity index (χ0v) is 36.0. The molecule has 386 valence electrons. The van der Waals surface area contributed by atoms with Crippen LogP contribution in [0.3, 0.4) is 0 Å². The molecule has 64 heavy (non-hydrogen) atoms. The second kappa shape index (κ2) is 55.2. The highest BCUT2D eigenvalue weighted by molar-refractivity contribution is 5.85. The molecule has 0 unspecified atom stereocenters. The van der Waals surface area contributed by atoms with Crippen LogP contribution in [-0.2, 0) is 19.2 Å². The van der Waals surface area contributed by atoms with Gasteiger partial charge in [-0.2, -0.15) is 0 Å². The number of hydrogen-bond acceptors (Lipinski definition) is 24. The molecule has 0 aromatic rings. The van der Waals surface area contributed by atoms with Gasteiger partial charge in [-0.05, 0) is 27.7 Å². The Bertz CT molecular complexity index is 891. The van der Waals surface area contributed by atoms with Crippen molar-refractivity contribution in [1.29, 1.82) is 0 Å². The molecular formula is C36H74O28. The zero-order valence-electron chi connectivity index (χ0n) is 36.0. The van der Waals surface area contributed by atoms with Crippen LogP contribution in [0.25, 0.3) is 0 Å². The maximum Gasteiger partial charge on any atom is 0.330 e. The van der Waals surface area contributed by atoms with Crippen LogP contribution in [0.5, 0.6) is 0 Å². The molecule has 0 aliphatic heterocycles. The first kappa shape index (κ1) is 80.3. The highest BCUT2D eigenvalue weighted by Crippen LogP contribution is 1.91. The van der Waals surface area contributed by atoms with E-state index in [1.165, 1.54) is 27.7 Å². The summed E-state index contributed by atoms with van der Waals surface area (Å²) in [4.78, 5) is 38.4. The van der Waals surface area contributed by atoms with Crippen LogP contribution < -0.4 is 0 Å². The largest absolute Gasteiger partial charge is 0.478 e. The monoisotopic (exact) mass is 954 g/mol. The maximum atomic E-state index is 9.60. The van der Waals surface area contributed by atoms with Crippen molar-refractivity contribution < 1.29 is 142 Å². The van der Waals surface area contributed by atoms with E-state index in [1.807, 2.05) is 0 Å². The predicted octanol–water partition coefficient (Wildman–Crippen LogP) is -8.95. The second-order valence-corrected chi connectivity index (χ2v) is 11.8. The van der Waals surface area contributed by atoms with Gasteiger partial charge in [0.15, 0.2) is 0 Å². The van der Waals surface area contributed by atoms with Crippen LogP contribution in [0.15, 0.2) is 48.6 Å². The highest BCUT2D eigenvalue weighted by Gasteiger charge is 2.15. The molecule has 24 N–H and O–H groups in total. The quantitative estimate of drug-likeness (QED) is 0.0535. The number of carboxylic acid groups (broad SMARTS) is 4. The highest BCUT2D eigenvalue weighted by atomic mass is 16.4. The Morgan fingerprint density at radius 1 is 0.266 bits per heavy atom. The number of hydrogen-bond donors (Lipinski definition) is 24. The van der Waals surface area contributed by atoms with E-state index in [0.29, 0.717) is 0 Å². The van der Waals surface area contributed by atoms with Crippen LogP contribution in [0, 0.1) is 0 Å². The summed E-state index contributed by atoms with van der Waals surface area (Å²) in [5.74, 6) is -3.74. The van der Waals surface area contributed by atoms with Gasteiger partial charge < -0.3 is 123 Å². The number of carbonyl (C=O) groups is 4. The van der Waals surface area contributed by atoms with Crippen LogP contribution in [-0.4, -0.2) is 274 Å². The zero-order chi connectivity index (χ0) is 53.5. The van der Waals surface area contributed by atoms with E-state index in [-0.39, 0.29) is 22.3 Å². The molecule has 0 radical (unpaired) electrons. The van der Waals surface area contributed by atoms with Gasteiger partial charge in [-0.3, -0.25) is 0 Å². The molecule has 0 aliphatic rings. The first-order chi connectivity index (χ1) is 29.2. The molecule has 0 aliphatic carbocycles. The van der Waals surface area contributed by atoms with Crippen LogP contribution >= 0.6 is 0 Å². The Balaban J connectivity index is -0.0000000762. The third-order valence-electron chi connectivity index (χ3n) is 5.55. The van der Waals surface area contributed by atoms with E-state index in [2.05, 4.69) is 26.3 Å². The fourth-order valence-electron chi connectivity index (χ4n) is 1.22.